The van der Waals surface area contributed by atoms with Gasteiger partial charge >= 0.3 is 6.18 Å². The Labute approximate surface area is 150 Å². The second-order valence-corrected chi connectivity index (χ2v) is 5.62. The zero-order valence-corrected chi connectivity index (χ0v) is 14.6. The van der Waals surface area contributed by atoms with Gasteiger partial charge in [-0.15, -0.1) is 0 Å². The van der Waals surface area contributed by atoms with Gasteiger partial charge in [-0.25, -0.2) is 0 Å². The molecule has 1 aromatic carbocycles. The molecule has 0 saturated heterocycles. The number of halogens is 3. The lowest BCUT2D eigenvalue weighted by Crippen LogP contribution is -2.36. The lowest BCUT2D eigenvalue weighted by molar-refractivity contribution is -0.153. The first kappa shape index (κ1) is 19.6. The quantitative estimate of drug-likeness (QED) is 0.609. The Morgan fingerprint density at radius 2 is 1.92 bits per heavy atom. The number of benzene rings is 1. The Morgan fingerprint density at radius 1 is 1.15 bits per heavy atom. The average Bonchev–Trinajstić information content (AvgIpc) is 2.61. The number of nitrogens with zero attached hydrogens (tertiary/aromatic N) is 2. The molecule has 26 heavy (non-hydrogen) atoms. The van der Waals surface area contributed by atoms with Crippen molar-refractivity contribution in [3.05, 3.63) is 59.4 Å². The number of aryl methyl sites for hydroxylation is 1. The number of nitrogens with one attached hydrogen (secondary N) is 2. The third-order valence-corrected chi connectivity index (χ3v) is 3.45. The van der Waals surface area contributed by atoms with E-state index in [1.165, 1.54) is 0 Å². The predicted molar refractivity (Wildman–Crippen MR) is 94.0 cm³/mol. The van der Waals surface area contributed by atoms with Gasteiger partial charge in [-0.1, -0.05) is 18.2 Å². The summed E-state index contributed by atoms with van der Waals surface area (Å²) < 4.78 is 42.2. The van der Waals surface area contributed by atoms with Crippen molar-refractivity contribution in [1.29, 1.82) is 0 Å². The Hall–Kier alpha value is -2.77. The van der Waals surface area contributed by atoms with Crippen LogP contribution in [0.1, 0.15) is 16.8 Å². The molecule has 0 aliphatic carbocycles. The monoisotopic (exact) mass is 366 g/mol. The number of pyridine rings is 1. The second-order valence-electron chi connectivity index (χ2n) is 5.62. The molecule has 1 aromatic heterocycles. The molecule has 0 amide bonds. The zero-order valence-electron chi connectivity index (χ0n) is 14.6. The summed E-state index contributed by atoms with van der Waals surface area (Å²) in [6.45, 7) is 1.22. The molecule has 1 heterocycles. The third kappa shape index (κ3) is 6.62. The van der Waals surface area contributed by atoms with Crippen molar-refractivity contribution in [3.63, 3.8) is 0 Å². The number of hydrogen-bond donors (Lipinski definition) is 2. The van der Waals surface area contributed by atoms with Crippen molar-refractivity contribution >= 4 is 5.96 Å². The molecule has 8 heteroatoms. The molecule has 140 valence electrons. The smallest absolute Gasteiger partial charge is 0.422 e. The maximum atomic E-state index is 12.4. The fraction of sp³-hybridized carbons (Fsp3) is 0.333. The highest BCUT2D eigenvalue weighted by atomic mass is 19.4. The number of rotatable bonds is 6. The van der Waals surface area contributed by atoms with E-state index in [1.54, 1.807) is 32.3 Å². The van der Waals surface area contributed by atoms with Crippen LogP contribution in [0.25, 0.3) is 0 Å². The fourth-order valence-electron chi connectivity index (χ4n) is 2.18. The number of aromatic nitrogens is 1. The molecule has 0 saturated carbocycles. The molecule has 0 atom stereocenters. The number of guanidine groups is 1. The van der Waals surface area contributed by atoms with Crippen molar-refractivity contribution in [2.24, 2.45) is 4.99 Å². The standard InChI is InChI=1S/C18H21F3N4O/c1-13-6-7-14(16(9-13)26-12-18(19,20)21)10-24-17(22-2)25-11-15-5-3-4-8-23-15/h3-9H,10-12H2,1-2H3,(H2,22,24,25). The third-order valence-electron chi connectivity index (χ3n) is 3.45. The minimum absolute atomic E-state index is 0.204. The van der Waals surface area contributed by atoms with Crippen LogP contribution in [-0.2, 0) is 13.1 Å². The molecule has 0 aliphatic rings. The highest BCUT2D eigenvalue weighted by Gasteiger charge is 2.28. The van der Waals surface area contributed by atoms with Gasteiger partial charge in [-0.3, -0.25) is 9.98 Å². The average molecular weight is 366 g/mol. The first-order chi connectivity index (χ1) is 12.4. The van der Waals surface area contributed by atoms with Gasteiger partial charge in [0.05, 0.1) is 12.2 Å². The van der Waals surface area contributed by atoms with Crippen molar-refractivity contribution in [2.75, 3.05) is 13.7 Å². The summed E-state index contributed by atoms with van der Waals surface area (Å²) in [6.07, 6.45) is -2.68. The summed E-state index contributed by atoms with van der Waals surface area (Å²) in [5.41, 5.74) is 2.28. The molecule has 2 N–H and O–H groups in total. The van der Waals surface area contributed by atoms with Gasteiger partial charge in [0.25, 0.3) is 0 Å². The molecule has 5 nitrogen and oxygen atoms in total. The van der Waals surface area contributed by atoms with Crippen LogP contribution in [0.15, 0.2) is 47.6 Å². The van der Waals surface area contributed by atoms with Crippen LogP contribution in [0.5, 0.6) is 5.75 Å². The van der Waals surface area contributed by atoms with E-state index < -0.39 is 12.8 Å². The Kier molecular flexibility index (Phi) is 6.82. The largest absolute Gasteiger partial charge is 0.484 e. The van der Waals surface area contributed by atoms with Gasteiger partial charge in [0.15, 0.2) is 12.6 Å². The maximum Gasteiger partial charge on any atom is 0.422 e. The van der Waals surface area contributed by atoms with E-state index in [2.05, 4.69) is 20.6 Å². The van der Waals surface area contributed by atoms with Crippen LogP contribution < -0.4 is 15.4 Å². The molecular formula is C18H21F3N4O. The minimum Gasteiger partial charge on any atom is -0.484 e. The van der Waals surface area contributed by atoms with Crippen LogP contribution in [0, 0.1) is 6.92 Å². The van der Waals surface area contributed by atoms with Crippen LogP contribution in [0.4, 0.5) is 13.2 Å². The summed E-state index contributed by atoms with van der Waals surface area (Å²) in [5.74, 6) is 0.716. The lowest BCUT2D eigenvalue weighted by atomic mass is 10.1. The lowest BCUT2D eigenvalue weighted by Gasteiger charge is -2.16. The molecule has 2 rings (SSSR count). The number of alkyl halides is 3. The molecule has 0 aliphatic heterocycles. The number of ether oxygens (including phenoxy) is 1. The van der Waals surface area contributed by atoms with Gasteiger partial charge in [0, 0.05) is 25.4 Å². The molecule has 0 unspecified atom stereocenters. The molecule has 0 radical (unpaired) electrons. The highest BCUT2D eigenvalue weighted by molar-refractivity contribution is 5.79. The fourth-order valence-corrected chi connectivity index (χ4v) is 2.18. The van der Waals surface area contributed by atoms with E-state index in [0.717, 1.165) is 11.3 Å². The summed E-state index contributed by atoms with van der Waals surface area (Å²) in [5, 5.41) is 6.16. The summed E-state index contributed by atoms with van der Waals surface area (Å²) in [4.78, 5) is 8.30. The van der Waals surface area contributed by atoms with Crippen LogP contribution in [0.3, 0.4) is 0 Å². The van der Waals surface area contributed by atoms with Gasteiger partial charge in [0.2, 0.25) is 0 Å². The minimum atomic E-state index is -4.38. The zero-order chi connectivity index (χ0) is 19.0. The van der Waals surface area contributed by atoms with E-state index in [9.17, 15) is 13.2 Å². The first-order valence-corrected chi connectivity index (χ1v) is 8.01. The van der Waals surface area contributed by atoms with E-state index in [-0.39, 0.29) is 12.3 Å². The van der Waals surface area contributed by atoms with Crippen LogP contribution in [0.2, 0.25) is 0 Å². The highest BCUT2D eigenvalue weighted by Crippen LogP contribution is 2.23. The van der Waals surface area contributed by atoms with E-state index in [0.29, 0.717) is 18.1 Å². The summed E-state index contributed by atoms with van der Waals surface area (Å²) in [7, 11) is 1.62. The second kappa shape index (κ2) is 9.07. The number of aliphatic imine (C=N–C) groups is 1. The van der Waals surface area contributed by atoms with E-state index in [1.807, 2.05) is 24.3 Å². The normalized spacial score (nSPS) is 12.0. The van der Waals surface area contributed by atoms with Gasteiger partial charge in [-0.05, 0) is 30.7 Å². The molecular weight excluding hydrogens is 345 g/mol. The Bertz CT molecular complexity index is 733. The Morgan fingerprint density at radius 3 is 2.58 bits per heavy atom. The maximum absolute atomic E-state index is 12.4. The SMILES string of the molecule is CN=C(NCc1ccccn1)NCc1ccc(C)cc1OCC(F)(F)F. The predicted octanol–water partition coefficient (Wildman–Crippen LogP) is 3.20. The van der Waals surface area contributed by atoms with Crippen molar-refractivity contribution in [1.82, 2.24) is 15.6 Å². The topological polar surface area (TPSA) is 58.5 Å². The first-order valence-electron chi connectivity index (χ1n) is 8.01. The van der Waals surface area contributed by atoms with Gasteiger partial charge in [0.1, 0.15) is 5.75 Å². The molecule has 2 aromatic rings. The van der Waals surface area contributed by atoms with Crippen molar-refractivity contribution < 1.29 is 17.9 Å². The summed E-state index contributed by atoms with van der Waals surface area (Å²) >= 11 is 0. The molecule has 0 spiro atoms. The van der Waals surface area contributed by atoms with Crippen LogP contribution in [-0.4, -0.2) is 30.8 Å². The van der Waals surface area contributed by atoms with Gasteiger partial charge < -0.3 is 15.4 Å². The van der Waals surface area contributed by atoms with Crippen molar-refractivity contribution in [2.45, 2.75) is 26.2 Å². The Balaban J connectivity index is 1.96. The summed E-state index contributed by atoms with van der Waals surface area (Å²) in [6, 6.07) is 10.7. The number of hydrogen-bond acceptors (Lipinski definition) is 3. The van der Waals surface area contributed by atoms with Crippen LogP contribution >= 0.6 is 0 Å². The van der Waals surface area contributed by atoms with E-state index >= 15 is 0 Å². The van der Waals surface area contributed by atoms with Crippen molar-refractivity contribution in [3.8, 4) is 5.75 Å². The molecule has 0 bridgehead atoms. The van der Waals surface area contributed by atoms with Gasteiger partial charge in [-0.2, -0.15) is 13.2 Å². The molecule has 0 fully saturated rings. The van der Waals surface area contributed by atoms with E-state index in [4.69, 9.17) is 4.74 Å².